The van der Waals surface area contributed by atoms with Crippen LogP contribution in [0.3, 0.4) is 0 Å². The third-order valence-electron chi connectivity index (χ3n) is 3.33. The number of aromatic amines is 1. The predicted octanol–water partition coefficient (Wildman–Crippen LogP) is 0.598. The van der Waals surface area contributed by atoms with Crippen molar-refractivity contribution in [3.8, 4) is 0 Å². The standard InChI is InChI=1S/C11H20N4O2S2/c1-8-11(10(6-12)15-14-8)19(16,17)13-7-9-2-4-18-5-3-9/h9,13H,2-7,12H2,1H3,(H,14,15). The zero-order chi connectivity index (χ0) is 13.9. The van der Waals surface area contributed by atoms with Gasteiger partial charge in [-0.1, -0.05) is 0 Å². The SMILES string of the molecule is Cc1[nH]nc(CN)c1S(=O)(=O)NCC1CCSCC1. The second-order valence-corrected chi connectivity index (χ2v) is 7.66. The smallest absolute Gasteiger partial charge is 0.244 e. The highest BCUT2D eigenvalue weighted by molar-refractivity contribution is 7.99. The van der Waals surface area contributed by atoms with E-state index in [4.69, 9.17) is 5.73 Å². The summed E-state index contributed by atoms with van der Waals surface area (Å²) < 4.78 is 27.3. The Morgan fingerprint density at radius 1 is 1.47 bits per heavy atom. The molecule has 1 aliphatic heterocycles. The van der Waals surface area contributed by atoms with E-state index in [-0.39, 0.29) is 11.4 Å². The molecule has 4 N–H and O–H groups in total. The molecule has 1 aliphatic rings. The van der Waals surface area contributed by atoms with Crippen LogP contribution < -0.4 is 10.5 Å². The first kappa shape index (κ1) is 14.8. The molecule has 8 heteroatoms. The second kappa shape index (κ2) is 6.25. The number of nitrogens with one attached hydrogen (secondary N) is 2. The van der Waals surface area contributed by atoms with Gasteiger partial charge in [0.2, 0.25) is 10.0 Å². The summed E-state index contributed by atoms with van der Waals surface area (Å²) in [4.78, 5) is 0.209. The zero-order valence-corrected chi connectivity index (χ0v) is 12.6. The van der Waals surface area contributed by atoms with E-state index >= 15 is 0 Å². The molecule has 108 valence electrons. The molecule has 1 saturated heterocycles. The number of hydrogen-bond acceptors (Lipinski definition) is 5. The summed E-state index contributed by atoms with van der Waals surface area (Å²) in [6, 6.07) is 0. The topological polar surface area (TPSA) is 101 Å². The fourth-order valence-corrected chi connectivity index (χ4v) is 4.91. The first-order valence-electron chi connectivity index (χ1n) is 6.36. The third kappa shape index (κ3) is 3.50. The molecule has 19 heavy (non-hydrogen) atoms. The number of nitrogens with zero attached hydrogens (tertiary/aromatic N) is 1. The van der Waals surface area contributed by atoms with Gasteiger partial charge in [0.1, 0.15) is 4.90 Å². The molecule has 0 atom stereocenters. The molecular weight excluding hydrogens is 284 g/mol. The monoisotopic (exact) mass is 304 g/mol. The Kier molecular flexibility index (Phi) is 4.88. The van der Waals surface area contributed by atoms with Crippen molar-refractivity contribution in [1.82, 2.24) is 14.9 Å². The zero-order valence-electron chi connectivity index (χ0n) is 11.0. The Hall–Kier alpha value is -0.570. The van der Waals surface area contributed by atoms with E-state index in [0.717, 1.165) is 24.3 Å². The summed E-state index contributed by atoms with van der Waals surface area (Å²) in [5, 5.41) is 6.60. The molecule has 0 aromatic carbocycles. The summed E-state index contributed by atoms with van der Waals surface area (Å²) in [7, 11) is -3.52. The quantitative estimate of drug-likeness (QED) is 0.739. The minimum absolute atomic E-state index is 0.112. The Morgan fingerprint density at radius 3 is 2.79 bits per heavy atom. The Balaban J connectivity index is 2.07. The Bertz CT molecular complexity index is 521. The van der Waals surface area contributed by atoms with E-state index in [0.29, 0.717) is 23.9 Å². The van der Waals surface area contributed by atoms with Crippen LogP contribution in [0.1, 0.15) is 24.2 Å². The maximum absolute atomic E-state index is 12.3. The van der Waals surface area contributed by atoms with Crippen LogP contribution in [-0.2, 0) is 16.6 Å². The lowest BCUT2D eigenvalue weighted by molar-refractivity contribution is 0.476. The first-order chi connectivity index (χ1) is 9.04. The Morgan fingerprint density at radius 2 is 2.16 bits per heavy atom. The van der Waals surface area contributed by atoms with Gasteiger partial charge < -0.3 is 5.73 Å². The molecule has 6 nitrogen and oxygen atoms in total. The van der Waals surface area contributed by atoms with Gasteiger partial charge in [-0.25, -0.2) is 13.1 Å². The second-order valence-electron chi connectivity index (χ2n) is 4.74. The van der Waals surface area contributed by atoms with Crippen molar-refractivity contribution in [2.45, 2.75) is 31.2 Å². The van der Waals surface area contributed by atoms with Crippen LogP contribution in [0.25, 0.3) is 0 Å². The van der Waals surface area contributed by atoms with Crippen LogP contribution in [0, 0.1) is 12.8 Å². The maximum Gasteiger partial charge on any atom is 0.244 e. The van der Waals surface area contributed by atoms with E-state index in [9.17, 15) is 8.42 Å². The van der Waals surface area contributed by atoms with Crippen molar-refractivity contribution < 1.29 is 8.42 Å². The molecule has 0 saturated carbocycles. The highest BCUT2D eigenvalue weighted by Crippen LogP contribution is 2.23. The van der Waals surface area contributed by atoms with Crippen LogP contribution in [0.5, 0.6) is 0 Å². The van der Waals surface area contributed by atoms with Crippen molar-refractivity contribution in [2.24, 2.45) is 11.7 Å². The number of hydrogen-bond donors (Lipinski definition) is 3. The molecule has 1 fully saturated rings. The van der Waals surface area contributed by atoms with E-state index in [1.807, 2.05) is 11.8 Å². The molecule has 1 aromatic rings. The predicted molar refractivity (Wildman–Crippen MR) is 76.5 cm³/mol. The van der Waals surface area contributed by atoms with Gasteiger partial charge in [0, 0.05) is 13.1 Å². The van der Waals surface area contributed by atoms with Crippen molar-refractivity contribution in [2.75, 3.05) is 18.1 Å². The molecular formula is C11H20N4O2S2. The first-order valence-corrected chi connectivity index (χ1v) is 8.99. The highest BCUT2D eigenvalue weighted by atomic mass is 32.2. The molecule has 0 amide bonds. The number of sulfonamides is 1. The number of aryl methyl sites for hydroxylation is 1. The number of thioether (sulfide) groups is 1. The highest BCUT2D eigenvalue weighted by Gasteiger charge is 2.25. The summed E-state index contributed by atoms with van der Waals surface area (Å²) in [6.07, 6.45) is 2.14. The average Bonchev–Trinajstić information content (AvgIpc) is 2.80. The summed E-state index contributed by atoms with van der Waals surface area (Å²) in [6.45, 7) is 2.30. The summed E-state index contributed by atoms with van der Waals surface area (Å²) in [5.41, 5.74) is 6.45. The van der Waals surface area contributed by atoms with Gasteiger partial charge in [-0.3, -0.25) is 5.10 Å². The summed E-state index contributed by atoms with van der Waals surface area (Å²) >= 11 is 1.93. The largest absolute Gasteiger partial charge is 0.325 e. The fourth-order valence-electron chi connectivity index (χ4n) is 2.21. The van der Waals surface area contributed by atoms with Crippen molar-refractivity contribution in [1.29, 1.82) is 0 Å². The van der Waals surface area contributed by atoms with Gasteiger partial charge in [0.25, 0.3) is 0 Å². The van der Waals surface area contributed by atoms with E-state index < -0.39 is 10.0 Å². The van der Waals surface area contributed by atoms with Crippen molar-refractivity contribution in [3.63, 3.8) is 0 Å². The van der Waals surface area contributed by atoms with E-state index in [2.05, 4.69) is 14.9 Å². The molecule has 0 unspecified atom stereocenters. The van der Waals surface area contributed by atoms with Crippen LogP contribution in [-0.4, -0.2) is 36.7 Å². The number of H-pyrrole nitrogens is 1. The molecule has 0 radical (unpaired) electrons. The minimum atomic E-state index is -3.52. The number of aromatic nitrogens is 2. The van der Waals surface area contributed by atoms with Crippen LogP contribution >= 0.6 is 11.8 Å². The molecule has 2 rings (SSSR count). The number of rotatable bonds is 5. The maximum atomic E-state index is 12.3. The van der Waals surface area contributed by atoms with Gasteiger partial charge in [-0.15, -0.1) is 0 Å². The normalized spacial score (nSPS) is 17.8. The lowest BCUT2D eigenvalue weighted by atomic mass is 10.0. The van der Waals surface area contributed by atoms with Crippen LogP contribution in [0.4, 0.5) is 0 Å². The molecule has 0 bridgehead atoms. The molecule has 2 heterocycles. The average molecular weight is 304 g/mol. The van der Waals surface area contributed by atoms with Crippen molar-refractivity contribution >= 4 is 21.8 Å². The summed E-state index contributed by atoms with van der Waals surface area (Å²) in [5.74, 6) is 2.67. The third-order valence-corrected chi connectivity index (χ3v) is 6.00. The van der Waals surface area contributed by atoms with Gasteiger partial charge in [0.15, 0.2) is 0 Å². The lowest BCUT2D eigenvalue weighted by Gasteiger charge is -2.21. The lowest BCUT2D eigenvalue weighted by Crippen LogP contribution is -2.32. The van der Waals surface area contributed by atoms with Gasteiger partial charge in [-0.05, 0) is 37.2 Å². The van der Waals surface area contributed by atoms with E-state index in [1.165, 1.54) is 0 Å². The van der Waals surface area contributed by atoms with Crippen molar-refractivity contribution in [3.05, 3.63) is 11.4 Å². The minimum Gasteiger partial charge on any atom is -0.325 e. The number of nitrogens with two attached hydrogens (primary N) is 1. The van der Waals surface area contributed by atoms with Crippen LogP contribution in [0.15, 0.2) is 4.90 Å². The van der Waals surface area contributed by atoms with E-state index in [1.54, 1.807) is 6.92 Å². The molecule has 0 aliphatic carbocycles. The Labute approximate surface area is 118 Å². The van der Waals surface area contributed by atoms with Gasteiger partial charge >= 0.3 is 0 Å². The fraction of sp³-hybridized carbons (Fsp3) is 0.727. The van der Waals surface area contributed by atoms with Crippen LogP contribution in [0.2, 0.25) is 0 Å². The van der Waals surface area contributed by atoms with Gasteiger partial charge in [0.05, 0.1) is 11.4 Å². The van der Waals surface area contributed by atoms with Gasteiger partial charge in [-0.2, -0.15) is 16.9 Å². The molecule has 1 aromatic heterocycles. The molecule has 0 spiro atoms.